The fourth-order valence-corrected chi connectivity index (χ4v) is 7.32. The highest BCUT2D eigenvalue weighted by Gasteiger charge is 2.29. The van der Waals surface area contributed by atoms with E-state index in [0.717, 1.165) is 41.1 Å². The summed E-state index contributed by atoms with van der Waals surface area (Å²) in [6, 6.07) is 15.0. The van der Waals surface area contributed by atoms with Gasteiger partial charge in [0.1, 0.15) is 0 Å². The molecule has 0 amide bonds. The van der Waals surface area contributed by atoms with Crippen molar-refractivity contribution in [3.05, 3.63) is 59.2 Å². The van der Waals surface area contributed by atoms with Gasteiger partial charge in [0.05, 0.1) is 5.75 Å². The normalized spacial score (nSPS) is 18.7. The Kier molecular flexibility index (Phi) is 7.30. The number of nitrogens with zero attached hydrogens (tertiary/aromatic N) is 1. The Labute approximate surface area is 207 Å². The van der Waals surface area contributed by atoms with Crippen molar-refractivity contribution in [3.8, 4) is 11.1 Å². The van der Waals surface area contributed by atoms with Crippen LogP contribution in [-0.2, 0) is 10.0 Å². The summed E-state index contributed by atoms with van der Waals surface area (Å²) in [5.74, 6) is 0.604. The number of rotatable bonds is 8. The van der Waals surface area contributed by atoms with Crippen molar-refractivity contribution in [1.29, 1.82) is 0 Å². The zero-order valence-electron chi connectivity index (χ0n) is 19.6. The van der Waals surface area contributed by atoms with Crippen LogP contribution < -0.4 is 5.32 Å². The van der Waals surface area contributed by atoms with Crippen LogP contribution in [0.25, 0.3) is 22.0 Å². The van der Waals surface area contributed by atoms with E-state index in [-0.39, 0.29) is 5.75 Å². The molecule has 2 aliphatic rings. The summed E-state index contributed by atoms with van der Waals surface area (Å²) in [5, 5.41) is 5.48. The second-order valence-corrected chi connectivity index (χ2v) is 12.3. The summed E-state index contributed by atoms with van der Waals surface area (Å²) in [6.45, 7) is 2.00. The molecule has 0 radical (unpaired) electrons. The molecule has 0 spiro atoms. The topological polar surface area (TPSA) is 65.2 Å². The van der Waals surface area contributed by atoms with Gasteiger partial charge in [-0.2, -0.15) is 0 Å². The van der Waals surface area contributed by atoms with Gasteiger partial charge in [-0.3, -0.25) is 0 Å². The van der Waals surface area contributed by atoms with Crippen LogP contribution in [0.5, 0.6) is 0 Å². The molecule has 1 aliphatic carbocycles. The molecule has 0 atom stereocenters. The molecule has 7 heteroatoms. The molecule has 1 saturated heterocycles. The Morgan fingerprint density at radius 3 is 2.53 bits per heavy atom. The van der Waals surface area contributed by atoms with Gasteiger partial charge in [0.2, 0.25) is 10.0 Å². The fourth-order valence-electron chi connectivity index (χ4n) is 5.59. The smallest absolute Gasteiger partial charge is 0.214 e. The van der Waals surface area contributed by atoms with Crippen LogP contribution in [0.4, 0.5) is 0 Å². The maximum absolute atomic E-state index is 12.9. The molecule has 5 rings (SSSR count). The van der Waals surface area contributed by atoms with Crippen LogP contribution in [0, 0.1) is 0 Å². The van der Waals surface area contributed by atoms with E-state index in [1.54, 1.807) is 4.31 Å². The quantitative estimate of drug-likeness (QED) is 0.378. The summed E-state index contributed by atoms with van der Waals surface area (Å²) in [5.41, 5.74) is 4.65. The Balaban J connectivity index is 1.21. The molecule has 5 nitrogen and oxygen atoms in total. The first-order valence-electron chi connectivity index (χ1n) is 12.6. The average molecular weight is 500 g/mol. The summed E-state index contributed by atoms with van der Waals surface area (Å²) >= 11 is 6.20. The van der Waals surface area contributed by atoms with E-state index in [0.29, 0.717) is 31.5 Å². The molecule has 0 bridgehead atoms. The molecule has 1 saturated carbocycles. The lowest BCUT2D eigenvalue weighted by Crippen LogP contribution is -2.40. The zero-order chi connectivity index (χ0) is 23.5. The molecule has 2 aromatic carbocycles. The highest BCUT2D eigenvalue weighted by atomic mass is 35.5. The van der Waals surface area contributed by atoms with Gasteiger partial charge in [0.15, 0.2) is 0 Å². The number of benzene rings is 2. The summed E-state index contributed by atoms with van der Waals surface area (Å²) in [6.07, 6.45) is 9.56. The van der Waals surface area contributed by atoms with Crippen molar-refractivity contribution in [2.45, 2.75) is 56.9 Å². The second kappa shape index (κ2) is 10.4. The zero-order valence-corrected chi connectivity index (χ0v) is 21.2. The molecule has 0 unspecified atom stereocenters. The molecular weight excluding hydrogens is 466 g/mol. The van der Waals surface area contributed by atoms with E-state index in [1.807, 2.05) is 18.2 Å². The largest absolute Gasteiger partial charge is 0.361 e. The predicted molar refractivity (Wildman–Crippen MR) is 141 cm³/mol. The van der Waals surface area contributed by atoms with E-state index in [4.69, 9.17) is 11.6 Å². The monoisotopic (exact) mass is 499 g/mol. The van der Waals surface area contributed by atoms with E-state index < -0.39 is 10.0 Å². The van der Waals surface area contributed by atoms with Crippen LogP contribution in [0.2, 0.25) is 5.02 Å². The SMILES string of the molecule is O=S(=O)(CCCNC1CCCC1)N1CCC(c2c[nH]c3ccc(-c4cccc(Cl)c4)cc23)CC1. The number of fused-ring (bicyclic) bond motifs is 1. The minimum absolute atomic E-state index is 0.244. The second-order valence-electron chi connectivity index (χ2n) is 9.79. The lowest BCUT2D eigenvalue weighted by Gasteiger charge is -2.31. The maximum atomic E-state index is 12.9. The molecule has 2 N–H and O–H groups in total. The van der Waals surface area contributed by atoms with E-state index in [9.17, 15) is 8.42 Å². The molecular formula is C27H34ClN3O2S. The van der Waals surface area contributed by atoms with Gasteiger partial charge in [0.25, 0.3) is 0 Å². The van der Waals surface area contributed by atoms with Gasteiger partial charge in [0, 0.05) is 41.3 Å². The predicted octanol–water partition coefficient (Wildman–Crippen LogP) is 5.92. The molecule has 1 aromatic heterocycles. The number of piperidine rings is 1. The van der Waals surface area contributed by atoms with Gasteiger partial charge in [-0.1, -0.05) is 42.6 Å². The first kappa shape index (κ1) is 23.9. The Morgan fingerprint density at radius 2 is 1.76 bits per heavy atom. The number of aromatic nitrogens is 1. The maximum Gasteiger partial charge on any atom is 0.214 e. The number of hydrogen-bond donors (Lipinski definition) is 2. The number of halogens is 1. The van der Waals surface area contributed by atoms with Crippen LogP contribution in [0.1, 0.15) is 56.4 Å². The van der Waals surface area contributed by atoms with E-state index >= 15 is 0 Å². The van der Waals surface area contributed by atoms with Gasteiger partial charge < -0.3 is 10.3 Å². The van der Waals surface area contributed by atoms with Gasteiger partial charge in [-0.05, 0) is 85.5 Å². The number of nitrogens with one attached hydrogen (secondary N) is 2. The third-order valence-electron chi connectivity index (χ3n) is 7.53. The first-order valence-corrected chi connectivity index (χ1v) is 14.6. The highest BCUT2D eigenvalue weighted by Crippen LogP contribution is 2.36. The molecule has 34 heavy (non-hydrogen) atoms. The van der Waals surface area contributed by atoms with Crippen LogP contribution in [0.15, 0.2) is 48.7 Å². The molecule has 2 heterocycles. The van der Waals surface area contributed by atoms with Crippen molar-refractivity contribution >= 4 is 32.5 Å². The Morgan fingerprint density at radius 1 is 1.00 bits per heavy atom. The molecule has 182 valence electrons. The van der Waals surface area contributed by atoms with Crippen LogP contribution in [-0.4, -0.2) is 49.1 Å². The molecule has 1 aliphatic heterocycles. The lowest BCUT2D eigenvalue weighted by molar-refractivity contribution is 0.320. The van der Waals surface area contributed by atoms with Crippen LogP contribution in [0.3, 0.4) is 0 Å². The van der Waals surface area contributed by atoms with Crippen molar-refractivity contribution in [2.24, 2.45) is 0 Å². The number of aromatic amines is 1. The summed E-state index contributed by atoms with van der Waals surface area (Å²) in [4.78, 5) is 3.41. The minimum atomic E-state index is -3.19. The van der Waals surface area contributed by atoms with Gasteiger partial charge >= 0.3 is 0 Å². The lowest BCUT2D eigenvalue weighted by atomic mass is 9.89. The first-order chi connectivity index (χ1) is 16.5. The average Bonchev–Trinajstić information content (AvgIpc) is 3.51. The highest BCUT2D eigenvalue weighted by molar-refractivity contribution is 7.89. The summed E-state index contributed by atoms with van der Waals surface area (Å²) < 4.78 is 27.5. The number of H-pyrrole nitrogens is 1. The van der Waals surface area contributed by atoms with Crippen molar-refractivity contribution in [3.63, 3.8) is 0 Å². The van der Waals surface area contributed by atoms with E-state index in [2.05, 4.69) is 40.8 Å². The van der Waals surface area contributed by atoms with Crippen LogP contribution >= 0.6 is 11.6 Å². The van der Waals surface area contributed by atoms with Crippen molar-refractivity contribution in [2.75, 3.05) is 25.4 Å². The Bertz CT molecular complexity index is 1230. The number of sulfonamides is 1. The van der Waals surface area contributed by atoms with Gasteiger partial charge in [-0.15, -0.1) is 0 Å². The van der Waals surface area contributed by atoms with Crippen molar-refractivity contribution in [1.82, 2.24) is 14.6 Å². The van der Waals surface area contributed by atoms with E-state index in [1.165, 1.54) is 36.6 Å². The number of hydrogen-bond acceptors (Lipinski definition) is 3. The molecule has 2 fully saturated rings. The summed E-state index contributed by atoms with van der Waals surface area (Å²) in [7, 11) is -3.19. The minimum Gasteiger partial charge on any atom is -0.361 e. The standard InChI is InChI=1S/C27H34ClN3O2S/c28-23-6-3-5-21(17-23)22-9-10-27-25(18-22)26(19-30-27)20-11-14-31(15-12-20)34(32,33)16-4-13-29-24-7-1-2-8-24/h3,5-6,9-10,17-20,24,29-30H,1-2,4,7-8,11-16H2. The third-order valence-corrected chi connectivity index (χ3v) is 9.72. The Hall–Kier alpha value is -1.86. The molecule has 3 aromatic rings. The van der Waals surface area contributed by atoms with Crippen molar-refractivity contribution < 1.29 is 8.42 Å². The fraction of sp³-hybridized carbons (Fsp3) is 0.481. The van der Waals surface area contributed by atoms with Gasteiger partial charge in [-0.25, -0.2) is 12.7 Å². The third kappa shape index (κ3) is 5.35.